The molecule has 3 amide bonds. The van der Waals surface area contributed by atoms with E-state index in [4.69, 9.17) is 16.3 Å². The summed E-state index contributed by atoms with van der Waals surface area (Å²) < 4.78 is 33.6. The lowest BCUT2D eigenvalue weighted by Gasteiger charge is -2.20. The van der Waals surface area contributed by atoms with Crippen LogP contribution < -0.4 is 20.7 Å². The highest BCUT2D eigenvalue weighted by Gasteiger charge is 2.40. The maximum atomic E-state index is 14.4. The average Bonchev–Trinajstić information content (AvgIpc) is 2.97. The van der Waals surface area contributed by atoms with Crippen LogP contribution in [0.5, 0.6) is 5.75 Å². The third-order valence-corrected chi connectivity index (χ3v) is 4.34. The normalized spacial score (nSPS) is 18.7. The standard InChI is InChI=1S/C17H15ClF2N4O3/c1-27-9-4-11(19)14(12(20)5-9)10-7-22-16(25)15(10)24-17(26)23-8-2-3-13(18)21-6-8/h2-6,10,15H,7H2,1H3,(H,22,25)(H2,23,24,26)/t10-,15-/m0/s1. The van der Waals surface area contributed by atoms with Gasteiger partial charge in [-0.15, -0.1) is 0 Å². The molecule has 1 fully saturated rings. The number of hydrogen-bond donors (Lipinski definition) is 3. The maximum Gasteiger partial charge on any atom is 0.319 e. The van der Waals surface area contributed by atoms with E-state index in [1.807, 2.05) is 0 Å². The fourth-order valence-corrected chi connectivity index (χ4v) is 2.96. The number of aromatic nitrogens is 1. The Hall–Kier alpha value is -2.94. The molecule has 1 saturated heterocycles. The van der Waals surface area contributed by atoms with E-state index < -0.39 is 35.5 Å². The van der Waals surface area contributed by atoms with Crippen LogP contribution in [-0.4, -0.2) is 36.6 Å². The number of rotatable bonds is 4. The Bertz CT molecular complexity index is 856. The first kappa shape index (κ1) is 18.8. The van der Waals surface area contributed by atoms with Crippen LogP contribution in [0.15, 0.2) is 30.5 Å². The minimum absolute atomic E-state index is 0.0172. The van der Waals surface area contributed by atoms with Crippen molar-refractivity contribution in [3.05, 3.63) is 52.8 Å². The molecule has 0 radical (unpaired) electrons. The molecule has 1 aliphatic heterocycles. The smallest absolute Gasteiger partial charge is 0.319 e. The first-order chi connectivity index (χ1) is 12.9. The van der Waals surface area contributed by atoms with Crippen LogP contribution in [0.3, 0.4) is 0 Å². The highest BCUT2D eigenvalue weighted by Crippen LogP contribution is 2.31. The quantitative estimate of drug-likeness (QED) is 0.692. The number of urea groups is 1. The van der Waals surface area contributed by atoms with Crippen molar-refractivity contribution in [1.82, 2.24) is 15.6 Å². The van der Waals surface area contributed by atoms with E-state index in [9.17, 15) is 18.4 Å². The molecule has 1 aromatic carbocycles. The Kier molecular flexibility index (Phi) is 5.41. The molecule has 0 unspecified atom stereocenters. The number of benzene rings is 1. The second kappa shape index (κ2) is 7.75. The number of carbonyl (C=O) groups is 2. The molecule has 0 aliphatic carbocycles. The van der Waals surface area contributed by atoms with Gasteiger partial charge in [-0.25, -0.2) is 18.6 Å². The molecule has 27 heavy (non-hydrogen) atoms. The van der Waals surface area contributed by atoms with E-state index in [2.05, 4.69) is 20.9 Å². The molecule has 7 nitrogen and oxygen atoms in total. The van der Waals surface area contributed by atoms with Gasteiger partial charge in [0.1, 0.15) is 28.6 Å². The topological polar surface area (TPSA) is 92.4 Å². The highest BCUT2D eigenvalue weighted by molar-refractivity contribution is 6.29. The Balaban J connectivity index is 1.78. The van der Waals surface area contributed by atoms with Crippen molar-refractivity contribution in [3.63, 3.8) is 0 Å². The first-order valence-corrected chi connectivity index (χ1v) is 8.26. The Morgan fingerprint density at radius 3 is 2.63 bits per heavy atom. The molecule has 1 aromatic heterocycles. The summed E-state index contributed by atoms with van der Waals surface area (Å²) in [6.45, 7) is -0.0214. The monoisotopic (exact) mass is 396 g/mol. The van der Waals surface area contributed by atoms with Gasteiger partial charge in [0.25, 0.3) is 0 Å². The molecule has 10 heteroatoms. The molecular formula is C17H15ClF2N4O3. The van der Waals surface area contributed by atoms with Gasteiger partial charge < -0.3 is 20.7 Å². The van der Waals surface area contributed by atoms with Crippen molar-refractivity contribution < 1.29 is 23.1 Å². The molecule has 2 aromatic rings. The summed E-state index contributed by atoms with van der Waals surface area (Å²) in [4.78, 5) is 28.1. The van der Waals surface area contributed by atoms with Gasteiger partial charge in [-0.2, -0.15) is 0 Å². The molecule has 142 valence electrons. The van der Waals surface area contributed by atoms with Gasteiger partial charge in [-0.3, -0.25) is 4.79 Å². The number of halogens is 3. The fourth-order valence-electron chi connectivity index (χ4n) is 2.85. The third-order valence-electron chi connectivity index (χ3n) is 4.11. The van der Waals surface area contributed by atoms with Gasteiger partial charge >= 0.3 is 6.03 Å². The Labute approximate surface area is 158 Å². The molecule has 0 bridgehead atoms. The van der Waals surface area contributed by atoms with Crippen molar-refractivity contribution in [2.45, 2.75) is 12.0 Å². The van der Waals surface area contributed by atoms with E-state index in [1.165, 1.54) is 25.4 Å². The van der Waals surface area contributed by atoms with Gasteiger partial charge in [0.2, 0.25) is 5.91 Å². The Morgan fingerprint density at radius 1 is 1.33 bits per heavy atom. The molecular weight excluding hydrogens is 382 g/mol. The van der Waals surface area contributed by atoms with Crippen molar-refractivity contribution >= 4 is 29.2 Å². The number of amides is 3. The largest absolute Gasteiger partial charge is 0.497 e. The van der Waals surface area contributed by atoms with Crippen LogP contribution in [0.1, 0.15) is 11.5 Å². The van der Waals surface area contributed by atoms with E-state index in [1.54, 1.807) is 0 Å². The second-order valence-corrected chi connectivity index (χ2v) is 6.19. The number of nitrogens with one attached hydrogen (secondary N) is 3. The SMILES string of the molecule is COc1cc(F)c([C@@H]2CNC(=O)[C@H]2NC(=O)Nc2ccc(Cl)nc2)c(F)c1. The summed E-state index contributed by atoms with van der Waals surface area (Å²) in [6.07, 6.45) is 1.33. The lowest BCUT2D eigenvalue weighted by molar-refractivity contribution is -0.120. The molecule has 2 atom stereocenters. The summed E-state index contributed by atoms with van der Waals surface area (Å²) in [5.74, 6) is -3.16. The first-order valence-electron chi connectivity index (χ1n) is 7.88. The number of methoxy groups -OCH3 is 1. The molecule has 2 heterocycles. The zero-order chi connectivity index (χ0) is 19.6. The van der Waals surface area contributed by atoms with Crippen LogP contribution in [0.4, 0.5) is 19.3 Å². The summed E-state index contributed by atoms with van der Waals surface area (Å²) in [5, 5.41) is 7.67. The fraction of sp³-hybridized carbons (Fsp3) is 0.235. The number of carbonyl (C=O) groups excluding carboxylic acids is 2. The average molecular weight is 397 g/mol. The van der Waals surface area contributed by atoms with E-state index in [-0.39, 0.29) is 23.0 Å². The van der Waals surface area contributed by atoms with Crippen molar-refractivity contribution in [1.29, 1.82) is 0 Å². The van der Waals surface area contributed by atoms with Crippen molar-refractivity contribution in [2.75, 3.05) is 19.0 Å². The van der Waals surface area contributed by atoms with Crippen LogP contribution in [-0.2, 0) is 4.79 Å². The number of anilines is 1. The molecule has 1 aliphatic rings. The minimum Gasteiger partial charge on any atom is -0.497 e. The molecule has 3 N–H and O–H groups in total. The van der Waals surface area contributed by atoms with Gasteiger partial charge in [-0.1, -0.05) is 11.6 Å². The number of pyridine rings is 1. The van der Waals surface area contributed by atoms with E-state index in [0.717, 1.165) is 12.1 Å². The van der Waals surface area contributed by atoms with Crippen LogP contribution in [0.25, 0.3) is 0 Å². The Morgan fingerprint density at radius 2 is 2.04 bits per heavy atom. The highest BCUT2D eigenvalue weighted by atomic mass is 35.5. The van der Waals surface area contributed by atoms with Gasteiger partial charge in [0, 0.05) is 30.2 Å². The summed E-state index contributed by atoms with van der Waals surface area (Å²) >= 11 is 5.67. The minimum atomic E-state index is -1.15. The summed E-state index contributed by atoms with van der Waals surface area (Å²) in [5.41, 5.74) is 0.0428. The predicted octanol–water partition coefficient (Wildman–Crippen LogP) is 2.43. The number of nitrogens with zero attached hydrogens (tertiary/aromatic N) is 1. The van der Waals surface area contributed by atoms with Crippen molar-refractivity contribution in [2.24, 2.45) is 0 Å². The third kappa shape index (κ3) is 4.08. The molecule has 3 rings (SSSR count). The van der Waals surface area contributed by atoms with Gasteiger partial charge in [0.05, 0.1) is 19.0 Å². The van der Waals surface area contributed by atoms with Gasteiger partial charge in [0.15, 0.2) is 0 Å². The summed E-state index contributed by atoms with van der Waals surface area (Å²) in [7, 11) is 1.29. The van der Waals surface area contributed by atoms with Gasteiger partial charge in [-0.05, 0) is 12.1 Å². The number of hydrogen-bond acceptors (Lipinski definition) is 4. The molecule has 0 spiro atoms. The van der Waals surface area contributed by atoms with E-state index in [0.29, 0.717) is 5.69 Å². The molecule has 0 saturated carbocycles. The van der Waals surface area contributed by atoms with Crippen molar-refractivity contribution in [3.8, 4) is 5.75 Å². The maximum absolute atomic E-state index is 14.4. The lowest BCUT2D eigenvalue weighted by atomic mass is 9.93. The van der Waals surface area contributed by atoms with Crippen LogP contribution in [0.2, 0.25) is 5.15 Å². The van der Waals surface area contributed by atoms with Crippen LogP contribution in [0, 0.1) is 11.6 Å². The predicted molar refractivity (Wildman–Crippen MR) is 93.9 cm³/mol. The van der Waals surface area contributed by atoms with Crippen LogP contribution >= 0.6 is 11.6 Å². The lowest BCUT2D eigenvalue weighted by Crippen LogP contribution is -2.45. The van der Waals surface area contributed by atoms with E-state index >= 15 is 0 Å². The second-order valence-electron chi connectivity index (χ2n) is 5.80. The number of ether oxygens (including phenoxy) is 1. The summed E-state index contributed by atoms with van der Waals surface area (Å²) in [6, 6.07) is 3.17. The zero-order valence-corrected chi connectivity index (χ0v) is 14.8. The zero-order valence-electron chi connectivity index (χ0n) is 14.1.